The summed E-state index contributed by atoms with van der Waals surface area (Å²) in [7, 11) is 0. The van der Waals surface area contributed by atoms with E-state index in [4.69, 9.17) is 4.74 Å². The van der Waals surface area contributed by atoms with Gasteiger partial charge in [0.15, 0.2) is 0 Å². The molecule has 3 unspecified atom stereocenters. The highest BCUT2D eigenvalue weighted by atomic mass is 16.6. The van der Waals surface area contributed by atoms with Gasteiger partial charge in [-0.05, 0) is 77.1 Å². The number of carbonyl (C=O) groups is 2. The van der Waals surface area contributed by atoms with Crippen molar-refractivity contribution in [2.45, 2.75) is 83.6 Å². The molecule has 1 aromatic carbocycles. The van der Waals surface area contributed by atoms with Crippen LogP contribution >= 0.6 is 0 Å². The van der Waals surface area contributed by atoms with Crippen molar-refractivity contribution in [1.29, 1.82) is 5.26 Å². The van der Waals surface area contributed by atoms with E-state index in [9.17, 15) is 14.9 Å². The summed E-state index contributed by atoms with van der Waals surface area (Å²) in [5, 5.41) is 18.5. The summed E-state index contributed by atoms with van der Waals surface area (Å²) in [6.45, 7) is 11.3. The molecule has 4 rings (SSSR count). The van der Waals surface area contributed by atoms with Crippen LogP contribution in [0.3, 0.4) is 0 Å². The third kappa shape index (κ3) is 5.39. The van der Waals surface area contributed by atoms with Crippen molar-refractivity contribution in [1.82, 2.24) is 20.7 Å². The SMILES string of the molecule is Cc1cc(C)cc(NC2NN(C3(CC#N)CCN(C(=O)OC(C)(C)C)CC3)C3CCNC(=O)C23)c1. The van der Waals surface area contributed by atoms with Crippen LogP contribution in [-0.4, -0.2) is 64.9 Å². The van der Waals surface area contributed by atoms with Gasteiger partial charge in [-0.2, -0.15) is 5.26 Å². The van der Waals surface area contributed by atoms with Gasteiger partial charge < -0.3 is 20.3 Å². The lowest BCUT2D eigenvalue weighted by Gasteiger charge is -2.48. The number of nitriles is 1. The first-order valence-electron chi connectivity index (χ1n) is 12.5. The Balaban J connectivity index is 1.56. The van der Waals surface area contributed by atoms with Gasteiger partial charge in [0.1, 0.15) is 11.8 Å². The maximum absolute atomic E-state index is 13.0. The largest absolute Gasteiger partial charge is 0.444 e. The monoisotopic (exact) mass is 482 g/mol. The quantitative estimate of drug-likeness (QED) is 0.605. The number of aryl methyl sites for hydroxylation is 2. The molecule has 0 saturated carbocycles. The van der Waals surface area contributed by atoms with Gasteiger partial charge in [0.25, 0.3) is 0 Å². The number of piperidine rings is 2. The van der Waals surface area contributed by atoms with Crippen molar-refractivity contribution in [3.8, 4) is 6.07 Å². The van der Waals surface area contributed by atoms with Crippen molar-refractivity contribution in [2.24, 2.45) is 5.92 Å². The molecule has 3 aliphatic heterocycles. The number of hydrogen-bond acceptors (Lipinski definition) is 7. The number of rotatable bonds is 4. The average molecular weight is 483 g/mol. The van der Waals surface area contributed by atoms with Crippen LogP contribution in [0, 0.1) is 31.1 Å². The molecule has 3 aliphatic rings. The van der Waals surface area contributed by atoms with Crippen LogP contribution in [0.1, 0.15) is 57.6 Å². The first-order valence-corrected chi connectivity index (χ1v) is 12.5. The number of hydrazine groups is 1. The Labute approximate surface area is 208 Å². The number of amides is 2. The smallest absolute Gasteiger partial charge is 0.410 e. The minimum atomic E-state index is -0.551. The molecule has 35 heavy (non-hydrogen) atoms. The topological polar surface area (TPSA) is 110 Å². The Morgan fingerprint density at radius 3 is 2.49 bits per heavy atom. The van der Waals surface area contributed by atoms with Crippen molar-refractivity contribution in [3.63, 3.8) is 0 Å². The lowest BCUT2D eigenvalue weighted by Crippen LogP contribution is -2.62. The molecule has 3 atom stereocenters. The summed E-state index contributed by atoms with van der Waals surface area (Å²) in [4.78, 5) is 27.4. The summed E-state index contributed by atoms with van der Waals surface area (Å²) >= 11 is 0. The lowest BCUT2D eigenvalue weighted by atomic mass is 9.81. The molecule has 9 heteroatoms. The average Bonchev–Trinajstić information content (AvgIpc) is 3.12. The number of nitrogens with zero attached hydrogens (tertiary/aromatic N) is 3. The van der Waals surface area contributed by atoms with E-state index in [0.29, 0.717) is 38.9 Å². The highest BCUT2D eigenvalue weighted by Gasteiger charge is 2.55. The van der Waals surface area contributed by atoms with Crippen LogP contribution in [-0.2, 0) is 9.53 Å². The second-order valence-electron chi connectivity index (χ2n) is 11.2. The molecule has 0 aliphatic carbocycles. The molecule has 0 aromatic heterocycles. The van der Waals surface area contributed by atoms with Gasteiger partial charge in [0.2, 0.25) is 5.91 Å². The Morgan fingerprint density at radius 2 is 1.89 bits per heavy atom. The molecule has 0 bridgehead atoms. The van der Waals surface area contributed by atoms with Crippen LogP contribution in [0.4, 0.5) is 10.5 Å². The summed E-state index contributed by atoms with van der Waals surface area (Å²) in [6.07, 6.45) is 1.78. The van der Waals surface area contributed by atoms with Crippen LogP contribution < -0.4 is 16.1 Å². The molecular formula is C26H38N6O3. The predicted molar refractivity (Wildman–Crippen MR) is 133 cm³/mol. The molecule has 2 amide bonds. The fraction of sp³-hybridized carbons (Fsp3) is 0.654. The maximum atomic E-state index is 13.0. The molecule has 3 N–H and O–H groups in total. The number of benzene rings is 1. The van der Waals surface area contributed by atoms with Gasteiger partial charge >= 0.3 is 6.09 Å². The number of hydrogen-bond donors (Lipinski definition) is 3. The summed E-state index contributed by atoms with van der Waals surface area (Å²) < 4.78 is 5.56. The van der Waals surface area contributed by atoms with Gasteiger partial charge in [-0.25, -0.2) is 15.2 Å². The van der Waals surface area contributed by atoms with E-state index in [1.54, 1.807) is 4.90 Å². The minimum Gasteiger partial charge on any atom is -0.444 e. The minimum absolute atomic E-state index is 0.0245. The van der Waals surface area contributed by atoms with Crippen molar-refractivity contribution in [2.75, 3.05) is 25.0 Å². The summed E-state index contributed by atoms with van der Waals surface area (Å²) in [6, 6.07) is 8.64. The molecule has 3 heterocycles. The summed E-state index contributed by atoms with van der Waals surface area (Å²) in [5.41, 5.74) is 5.86. The van der Waals surface area contributed by atoms with Crippen LogP contribution in [0.5, 0.6) is 0 Å². The van der Waals surface area contributed by atoms with E-state index in [1.807, 2.05) is 20.8 Å². The van der Waals surface area contributed by atoms with Gasteiger partial charge in [0.05, 0.1) is 23.9 Å². The Bertz CT molecular complexity index is 985. The Kier molecular flexibility index (Phi) is 6.98. The Hall–Kier alpha value is -2.83. The fourth-order valence-electron chi connectivity index (χ4n) is 5.73. The van der Waals surface area contributed by atoms with Gasteiger partial charge in [-0.3, -0.25) is 4.79 Å². The zero-order valence-electron chi connectivity index (χ0n) is 21.5. The number of likely N-dealkylation sites (tertiary alicyclic amines) is 1. The third-order valence-electron chi connectivity index (χ3n) is 7.23. The predicted octanol–water partition coefficient (Wildman–Crippen LogP) is 3.05. The highest BCUT2D eigenvalue weighted by Crippen LogP contribution is 2.40. The van der Waals surface area contributed by atoms with Crippen LogP contribution in [0.25, 0.3) is 0 Å². The van der Waals surface area contributed by atoms with E-state index in [1.165, 1.54) is 0 Å². The second kappa shape index (κ2) is 9.67. The first-order chi connectivity index (χ1) is 16.5. The van der Waals surface area contributed by atoms with E-state index >= 15 is 0 Å². The van der Waals surface area contributed by atoms with Gasteiger partial charge in [-0.15, -0.1) is 0 Å². The normalized spacial score (nSPS) is 26.5. The van der Waals surface area contributed by atoms with E-state index in [0.717, 1.165) is 23.2 Å². The molecule has 3 saturated heterocycles. The fourth-order valence-corrected chi connectivity index (χ4v) is 5.73. The number of fused-ring (bicyclic) bond motifs is 1. The maximum Gasteiger partial charge on any atom is 0.410 e. The lowest BCUT2D eigenvalue weighted by molar-refractivity contribution is -0.128. The van der Waals surface area contributed by atoms with Crippen molar-refractivity contribution in [3.05, 3.63) is 29.3 Å². The summed E-state index contributed by atoms with van der Waals surface area (Å²) in [5.74, 6) is -0.263. The van der Waals surface area contributed by atoms with E-state index < -0.39 is 11.1 Å². The number of carbonyl (C=O) groups excluding carboxylic acids is 2. The van der Waals surface area contributed by atoms with E-state index in [-0.39, 0.29) is 30.1 Å². The number of anilines is 1. The number of ether oxygens (including phenoxy) is 1. The standard InChI is InChI=1S/C26H38N6O3/c1-17-14-18(2)16-19(15-17)29-22-21-20(6-11-28-23(21)33)32(30-22)26(7-10-27)8-12-31(13-9-26)24(34)35-25(3,4)5/h14-16,20-22,29-30H,6-9,11-13H2,1-5H3,(H,28,33). The number of nitrogens with one attached hydrogen (secondary N) is 3. The van der Waals surface area contributed by atoms with Crippen LogP contribution in [0.15, 0.2) is 18.2 Å². The van der Waals surface area contributed by atoms with Crippen LogP contribution in [0.2, 0.25) is 0 Å². The molecule has 1 aromatic rings. The molecular weight excluding hydrogens is 444 g/mol. The zero-order valence-corrected chi connectivity index (χ0v) is 21.5. The molecule has 3 fully saturated rings. The van der Waals surface area contributed by atoms with Gasteiger partial charge in [-0.1, -0.05) is 6.07 Å². The highest BCUT2D eigenvalue weighted by molar-refractivity contribution is 5.82. The Morgan fingerprint density at radius 1 is 1.23 bits per heavy atom. The zero-order chi connectivity index (χ0) is 25.4. The molecule has 190 valence electrons. The first kappa shape index (κ1) is 25.3. The molecule has 0 spiro atoms. The van der Waals surface area contributed by atoms with Gasteiger partial charge in [0, 0.05) is 31.4 Å². The van der Waals surface area contributed by atoms with Crippen molar-refractivity contribution < 1.29 is 14.3 Å². The molecule has 9 nitrogen and oxygen atoms in total. The molecule has 0 radical (unpaired) electrons. The third-order valence-corrected chi connectivity index (χ3v) is 7.23. The van der Waals surface area contributed by atoms with Crippen molar-refractivity contribution >= 4 is 17.7 Å². The second-order valence-corrected chi connectivity index (χ2v) is 11.2. The van der Waals surface area contributed by atoms with E-state index in [2.05, 4.69) is 59.2 Å².